The van der Waals surface area contributed by atoms with Crippen molar-refractivity contribution in [1.29, 1.82) is 0 Å². The smallest absolute Gasteiger partial charge is 0.142 e. The van der Waals surface area contributed by atoms with Crippen molar-refractivity contribution in [2.75, 3.05) is 0 Å². The predicted octanol–water partition coefficient (Wildman–Crippen LogP) is 5.74. The van der Waals surface area contributed by atoms with E-state index in [1.54, 1.807) is 0 Å². The summed E-state index contributed by atoms with van der Waals surface area (Å²) in [5.74, 6) is 1.95. The molecule has 4 rings (SSSR count). The van der Waals surface area contributed by atoms with Gasteiger partial charge in [-0.3, -0.25) is 0 Å². The van der Waals surface area contributed by atoms with Gasteiger partial charge >= 0.3 is 0 Å². The minimum absolute atomic E-state index is 0.360. The summed E-state index contributed by atoms with van der Waals surface area (Å²) in [4.78, 5) is 0. The number of hydrogen-bond donors (Lipinski definition) is 0. The lowest BCUT2D eigenvalue weighted by Crippen LogP contribution is -2.26. The Hall–Kier alpha value is -1.76. The van der Waals surface area contributed by atoms with E-state index in [9.17, 15) is 0 Å². The highest BCUT2D eigenvalue weighted by molar-refractivity contribution is 6.05. The van der Waals surface area contributed by atoms with Gasteiger partial charge in [0.15, 0.2) is 0 Å². The zero-order valence-electron chi connectivity index (χ0n) is 13.1. The second-order valence-electron chi connectivity index (χ2n) is 7.47. The Labute approximate surface area is 126 Å². The SMILES string of the molecule is CC(C)(C)C1CCc2c(oc3c2ccc2ccccc23)C1. The molecule has 0 saturated carbocycles. The first-order valence-corrected chi connectivity index (χ1v) is 7.96. The zero-order valence-corrected chi connectivity index (χ0v) is 13.1. The Morgan fingerprint density at radius 2 is 1.81 bits per heavy atom. The molecule has 1 unspecified atom stereocenters. The third kappa shape index (κ3) is 1.98. The Bertz CT molecular complexity index is 817. The second-order valence-corrected chi connectivity index (χ2v) is 7.47. The van der Waals surface area contributed by atoms with Crippen LogP contribution in [0.2, 0.25) is 0 Å². The van der Waals surface area contributed by atoms with Crippen LogP contribution in [-0.2, 0) is 12.8 Å². The summed E-state index contributed by atoms with van der Waals surface area (Å²) < 4.78 is 6.33. The number of hydrogen-bond acceptors (Lipinski definition) is 1. The van der Waals surface area contributed by atoms with E-state index in [0.717, 1.165) is 24.3 Å². The van der Waals surface area contributed by atoms with Gasteiger partial charge in [0.25, 0.3) is 0 Å². The maximum atomic E-state index is 6.33. The van der Waals surface area contributed by atoms with Gasteiger partial charge in [-0.25, -0.2) is 0 Å². The number of furan rings is 1. The van der Waals surface area contributed by atoms with Gasteiger partial charge in [0.1, 0.15) is 11.3 Å². The van der Waals surface area contributed by atoms with Gasteiger partial charge < -0.3 is 4.42 Å². The van der Waals surface area contributed by atoms with Crippen LogP contribution < -0.4 is 0 Å². The molecular weight excluding hydrogens is 256 g/mol. The summed E-state index contributed by atoms with van der Waals surface area (Å²) in [5.41, 5.74) is 2.91. The molecule has 1 aliphatic carbocycles. The highest BCUT2D eigenvalue weighted by Crippen LogP contribution is 2.42. The van der Waals surface area contributed by atoms with E-state index in [2.05, 4.69) is 57.2 Å². The monoisotopic (exact) mass is 278 g/mol. The van der Waals surface area contributed by atoms with Gasteiger partial charge in [-0.1, -0.05) is 57.2 Å². The topological polar surface area (TPSA) is 13.1 Å². The normalized spacial score (nSPS) is 19.1. The van der Waals surface area contributed by atoms with Gasteiger partial charge in [-0.15, -0.1) is 0 Å². The molecule has 1 nitrogen and oxygen atoms in total. The van der Waals surface area contributed by atoms with Gasteiger partial charge in [-0.05, 0) is 29.6 Å². The fourth-order valence-electron chi connectivity index (χ4n) is 3.75. The van der Waals surface area contributed by atoms with Crippen molar-refractivity contribution < 1.29 is 4.42 Å². The Morgan fingerprint density at radius 3 is 2.62 bits per heavy atom. The maximum absolute atomic E-state index is 6.33. The minimum Gasteiger partial charge on any atom is -0.460 e. The van der Waals surface area contributed by atoms with Crippen molar-refractivity contribution >= 4 is 21.7 Å². The summed E-state index contributed by atoms with van der Waals surface area (Å²) in [6.07, 6.45) is 3.52. The van der Waals surface area contributed by atoms with E-state index >= 15 is 0 Å². The number of aryl methyl sites for hydroxylation is 1. The molecule has 0 N–H and O–H groups in total. The van der Waals surface area contributed by atoms with Gasteiger partial charge in [0.05, 0.1) is 0 Å². The van der Waals surface area contributed by atoms with Crippen LogP contribution in [0.4, 0.5) is 0 Å². The van der Waals surface area contributed by atoms with E-state index in [-0.39, 0.29) is 0 Å². The van der Waals surface area contributed by atoms with Crippen LogP contribution in [0.3, 0.4) is 0 Å². The lowest BCUT2D eigenvalue weighted by Gasteiger charge is -2.33. The van der Waals surface area contributed by atoms with E-state index in [1.807, 2.05) is 0 Å². The summed E-state index contributed by atoms with van der Waals surface area (Å²) in [7, 11) is 0. The third-order valence-electron chi connectivity index (χ3n) is 5.17. The first-order chi connectivity index (χ1) is 10.0. The number of fused-ring (bicyclic) bond motifs is 5. The minimum atomic E-state index is 0.360. The van der Waals surface area contributed by atoms with Crippen LogP contribution in [0.25, 0.3) is 21.7 Å². The molecule has 0 fully saturated rings. The van der Waals surface area contributed by atoms with Gasteiger partial charge in [-0.2, -0.15) is 0 Å². The lowest BCUT2D eigenvalue weighted by atomic mass is 9.72. The quantitative estimate of drug-likeness (QED) is 0.511. The Balaban J connectivity index is 1.90. The average Bonchev–Trinajstić information content (AvgIpc) is 2.84. The number of benzene rings is 2. The van der Waals surface area contributed by atoms with E-state index in [4.69, 9.17) is 4.42 Å². The summed E-state index contributed by atoms with van der Waals surface area (Å²) >= 11 is 0. The van der Waals surface area contributed by atoms with E-state index < -0.39 is 0 Å². The maximum Gasteiger partial charge on any atom is 0.142 e. The van der Waals surface area contributed by atoms with Crippen molar-refractivity contribution in [2.24, 2.45) is 11.3 Å². The summed E-state index contributed by atoms with van der Waals surface area (Å²) in [6, 6.07) is 13.0. The first-order valence-electron chi connectivity index (χ1n) is 7.96. The van der Waals surface area contributed by atoms with Crippen LogP contribution in [-0.4, -0.2) is 0 Å². The van der Waals surface area contributed by atoms with Crippen molar-refractivity contribution in [3.05, 3.63) is 47.7 Å². The fourth-order valence-corrected chi connectivity index (χ4v) is 3.75. The van der Waals surface area contributed by atoms with Gasteiger partial charge in [0, 0.05) is 22.8 Å². The van der Waals surface area contributed by atoms with Crippen molar-refractivity contribution in [3.63, 3.8) is 0 Å². The number of rotatable bonds is 0. The second kappa shape index (κ2) is 4.37. The molecule has 2 aromatic carbocycles. The van der Waals surface area contributed by atoms with Crippen LogP contribution in [0.1, 0.15) is 38.5 Å². The predicted molar refractivity (Wildman–Crippen MR) is 88.7 cm³/mol. The van der Waals surface area contributed by atoms with Crippen LogP contribution in [0, 0.1) is 11.3 Å². The summed E-state index contributed by atoms with van der Waals surface area (Å²) in [5, 5.41) is 3.84. The van der Waals surface area contributed by atoms with Crippen LogP contribution in [0.5, 0.6) is 0 Å². The highest BCUT2D eigenvalue weighted by atomic mass is 16.3. The Kier molecular flexibility index (Phi) is 2.69. The molecule has 1 heteroatoms. The molecule has 0 amide bonds. The molecule has 0 saturated heterocycles. The molecule has 108 valence electrons. The zero-order chi connectivity index (χ0) is 14.6. The molecule has 3 aromatic rings. The standard InChI is InChI=1S/C20H22O/c1-20(2,3)14-9-11-16-17-10-8-13-6-4-5-7-15(13)19(17)21-18(16)12-14/h4-8,10,14H,9,11-12H2,1-3H3. The third-order valence-corrected chi connectivity index (χ3v) is 5.17. The molecule has 21 heavy (non-hydrogen) atoms. The molecule has 1 heterocycles. The van der Waals surface area contributed by atoms with Crippen LogP contribution in [0.15, 0.2) is 40.8 Å². The van der Waals surface area contributed by atoms with Crippen LogP contribution >= 0.6 is 0 Å². The molecule has 1 aromatic heterocycles. The molecular formula is C20H22O. The highest BCUT2D eigenvalue weighted by Gasteiger charge is 2.31. The largest absolute Gasteiger partial charge is 0.460 e. The van der Waals surface area contributed by atoms with Crippen molar-refractivity contribution in [1.82, 2.24) is 0 Å². The molecule has 0 radical (unpaired) electrons. The molecule has 1 atom stereocenters. The Morgan fingerprint density at radius 1 is 1.00 bits per heavy atom. The van der Waals surface area contributed by atoms with E-state index in [1.165, 1.54) is 33.9 Å². The molecule has 1 aliphatic rings. The van der Waals surface area contributed by atoms with Crippen molar-refractivity contribution in [2.45, 2.75) is 40.0 Å². The fraction of sp³-hybridized carbons (Fsp3) is 0.400. The molecule has 0 aliphatic heterocycles. The molecule has 0 spiro atoms. The van der Waals surface area contributed by atoms with Gasteiger partial charge in [0.2, 0.25) is 0 Å². The lowest BCUT2D eigenvalue weighted by molar-refractivity contribution is 0.204. The van der Waals surface area contributed by atoms with E-state index in [0.29, 0.717) is 5.41 Å². The molecule has 0 bridgehead atoms. The first kappa shape index (κ1) is 12.9. The van der Waals surface area contributed by atoms with Crippen molar-refractivity contribution in [3.8, 4) is 0 Å². The average molecular weight is 278 g/mol. The summed E-state index contributed by atoms with van der Waals surface area (Å²) in [6.45, 7) is 7.04.